The number of nitrogens with zero attached hydrogens (tertiary/aromatic N) is 2. The molecule has 1 aliphatic rings. The first-order valence-corrected chi connectivity index (χ1v) is 7.62. The van der Waals surface area contributed by atoms with Gasteiger partial charge in [-0.2, -0.15) is 13.2 Å². The number of para-hydroxylation sites is 1. The fraction of sp³-hybridized carbons (Fsp3) is 0.235. The number of carbonyl (C=O) groups is 1. The molecule has 0 spiro atoms. The van der Waals surface area contributed by atoms with Crippen molar-refractivity contribution >= 4 is 28.9 Å². The van der Waals surface area contributed by atoms with E-state index in [-0.39, 0.29) is 24.6 Å². The Labute approximate surface area is 142 Å². The van der Waals surface area contributed by atoms with Crippen molar-refractivity contribution in [1.29, 1.82) is 0 Å². The summed E-state index contributed by atoms with van der Waals surface area (Å²) in [5.74, 6) is -0.274. The predicted octanol–water partition coefficient (Wildman–Crippen LogP) is 4.34. The molecule has 0 unspecified atom stereocenters. The van der Waals surface area contributed by atoms with Crippen LogP contribution in [0.25, 0.3) is 0 Å². The van der Waals surface area contributed by atoms with Gasteiger partial charge in [-0.25, -0.2) is 0 Å². The Bertz CT molecular complexity index is 792. The van der Waals surface area contributed by atoms with Gasteiger partial charge in [-0.05, 0) is 23.8 Å². The largest absolute Gasteiger partial charge is 0.416 e. The first kappa shape index (κ1) is 16.6. The maximum Gasteiger partial charge on any atom is 0.416 e. The molecule has 24 heavy (non-hydrogen) atoms. The lowest BCUT2D eigenvalue weighted by atomic mass is 10.0. The highest BCUT2D eigenvalue weighted by Crippen LogP contribution is 2.40. The van der Waals surface area contributed by atoms with Gasteiger partial charge in [-0.3, -0.25) is 4.79 Å². The molecule has 0 N–H and O–H groups in total. The fourth-order valence-electron chi connectivity index (χ4n) is 2.88. The van der Waals surface area contributed by atoms with Gasteiger partial charge in [0.25, 0.3) is 0 Å². The van der Waals surface area contributed by atoms with E-state index >= 15 is 0 Å². The summed E-state index contributed by atoms with van der Waals surface area (Å²) in [6.07, 6.45) is -4.47. The van der Waals surface area contributed by atoms with Gasteiger partial charge < -0.3 is 9.80 Å². The number of rotatable bonds is 2. The number of carbonyl (C=O) groups excluding carboxylic acids is 1. The molecule has 1 amide bonds. The predicted molar refractivity (Wildman–Crippen MR) is 87.4 cm³/mol. The molecule has 2 aromatic carbocycles. The van der Waals surface area contributed by atoms with E-state index < -0.39 is 11.7 Å². The molecule has 3 nitrogen and oxygen atoms in total. The van der Waals surface area contributed by atoms with Crippen LogP contribution in [0.1, 0.15) is 11.1 Å². The number of halogens is 4. The van der Waals surface area contributed by atoms with E-state index in [1.54, 1.807) is 30.1 Å². The topological polar surface area (TPSA) is 23.6 Å². The van der Waals surface area contributed by atoms with Crippen LogP contribution in [0, 0.1) is 0 Å². The van der Waals surface area contributed by atoms with Crippen molar-refractivity contribution in [3.8, 4) is 0 Å². The van der Waals surface area contributed by atoms with Gasteiger partial charge in [0.2, 0.25) is 5.91 Å². The average molecular weight is 355 g/mol. The van der Waals surface area contributed by atoms with Gasteiger partial charge in [-0.15, -0.1) is 0 Å². The highest BCUT2D eigenvalue weighted by atomic mass is 35.5. The van der Waals surface area contributed by atoms with Crippen LogP contribution in [0.3, 0.4) is 0 Å². The Balaban J connectivity index is 2.05. The molecule has 126 valence electrons. The highest BCUT2D eigenvalue weighted by Gasteiger charge is 2.35. The lowest BCUT2D eigenvalue weighted by Gasteiger charge is -2.36. The molecule has 1 aliphatic heterocycles. The SMILES string of the molecule is CN1CC(=O)N(Cc2ccccc2C(F)(F)F)c2cccc(Cl)c21. The van der Waals surface area contributed by atoms with E-state index in [4.69, 9.17) is 11.6 Å². The molecule has 0 fully saturated rings. The van der Waals surface area contributed by atoms with E-state index in [0.717, 1.165) is 6.07 Å². The monoisotopic (exact) mass is 354 g/mol. The van der Waals surface area contributed by atoms with Crippen molar-refractivity contribution in [3.63, 3.8) is 0 Å². The minimum atomic E-state index is -4.47. The molecule has 1 heterocycles. The zero-order valence-electron chi connectivity index (χ0n) is 12.8. The van der Waals surface area contributed by atoms with Crippen molar-refractivity contribution in [2.75, 3.05) is 23.4 Å². The third kappa shape index (κ3) is 2.94. The number of hydrogen-bond acceptors (Lipinski definition) is 2. The number of amides is 1. The number of alkyl halides is 3. The number of likely N-dealkylation sites (N-methyl/N-ethyl adjacent to an activating group) is 1. The summed E-state index contributed by atoms with van der Waals surface area (Å²) >= 11 is 6.20. The number of hydrogen-bond donors (Lipinski definition) is 0. The van der Waals surface area contributed by atoms with Crippen LogP contribution in [0.4, 0.5) is 24.5 Å². The van der Waals surface area contributed by atoms with Crippen LogP contribution in [0.15, 0.2) is 42.5 Å². The van der Waals surface area contributed by atoms with E-state index in [1.165, 1.54) is 23.1 Å². The summed E-state index contributed by atoms with van der Waals surface area (Å²) in [5, 5.41) is 0.455. The molecule has 0 radical (unpaired) electrons. The standard InChI is InChI=1S/C17H14ClF3N2O/c1-22-10-15(24)23(14-8-4-7-13(18)16(14)22)9-11-5-2-3-6-12(11)17(19,20)21/h2-8H,9-10H2,1H3. The van der Waals surface area contributed by atoms with Gasteiger partial charge in [0.05, 0.1) is 35.1 Å². The number of fused-ring (bicyclic) bond motifs is 1. The first-order chi connectivity index (χ1) is 11.3. The van der Waals surface area contributed by atoms with Gasteiger partial charge in [0.1, 0.15) is 0 Å². The van der Waals surface area contributed by atoms with Crippen molar-refractivity contribution < 1.29 is 18.0 Å². The summed E-state index contributed by atoms with van der Waals surface area (Å²) in [6, 6.07) is 10.3. The first-order valence-electron chi connectivity index (χ1n) is 7.24. The molecular formula is C17H14ClF3N2O. The van der Waals surface area contributed by atoms with Crippen LogP contribution < -0.4 is 9.80 Å². The lowest BCUT2D eigenvalue weighted by Crippen LogP contribution is -2.44. The second-order valence-electron chi connectivity index (χ2n) is 5.60. The minimum Gasteiger partial charge on any atom is -0.362 e. The Morgan fingerprint density at radius 3 is 2.54 bits per heavy atom. The zero-order chi connectivity index (χ0) is 17.5. The molecule has 3 rings (SSSR count). The number of anilines is 2. The highest BCUT2D eigenvalue weighted by molar-refractivity contribution is 6.34. The maximum absolute atomic E-state index is 13.2. The van der Waals surface area contributed by atoms with Crippen LogP contribution in [0.5, 0.6) is 0 Å². The third-order valence-electron chi connectivity index (χ3n) is 3.96. The summed E-state index contributed by atoms with van der Waals surface area (Å²) in [7, 11) is 1.73. The normalized spacial score (nSPS) is 14.8. The molecule has 0 atom stereocenters. The van der Waals surface area contributed by atoms with E-state index in [9.17, 15) is 18.0 Å². The van der Waals surface area contributed by atoms with Crippen LogP contribution in [0.2, 0.25) is 5.02 Å². The smallest absolute Gasteiger partial charge is 0.362 e. The second kappa shape index (κ2) is 6.02. The Hall–Kier alpha value is -2.21. The Morgan fingerprint density at radius 2 is 1.83 bits per heavy atom. The quantitative estimate of drug-likeness (QED) is 0.801. The number of benzene rings is 2. The zero-order valence-corrected chi connectivity index (χ0v) is 13.5. The van der Waals surface area contributed by atoms with Crippen molar-refractivity contribution in [2.45, 2.75) is 12.7 Å². The van der Waals surface area contributed by atoms with E-state index in [0.29, 0.717) is 16.4 Å². The van der Waals surface area contributed by atoms with Crippen LogP contribution in [-0.4, -0.2) is 19.5 Å². The van der Waals surface area contributed by atoms with Crippen LogP contribution >= 0.6 is 11.6 Å². The van der Waals surface area contributed by atoms with Gasteiger partial charge in [0.15, 0.2) is 0 Å². The van der Waals surface area contributed by atoms with Crippen molar-refractivity contribution in [2.24, 2.45) is 0 Å². The molecular weight excluding hydrogens is 341 g/mol. The van der Waals surface area contributed by atoms with Gasteiger partial charge >= 0.3 is 6.18 Å². The molecule has 0 saturated heterocycles. The maximum atomic E-state index is 13.2. The van der Waals surface area contributed by atoms with Crippen molar-refractivity contribution in [3.05, 3.63) is 58.6 Å². The lowest BCUT2D eigenvalue weighted by molar-refractivity contribution is -0.138. The van der Waals surface area contributed by atoms with Gasteiger partial charge in [-0.1, -0.05) is 35.9 Å². The summed E-state index contributed by atoms with van der Waals surface area (Å²) in [6.45, 7) is -0.0966. The van der Waals surface area contributed by atoms with Gasteiger partial charge in [0, 0.05) is 7.05 Å². The van der Waals surface area contributed by atoms with Crippen molar-refractivity contribution in [1.82, 2.24) is 0 Å². The molecule has 0 bridgehead atoms. The Kier molecular flexibility index (Phi) is 4.17. The summed E-state index contributed by atoms with van der Waals surface area (Å²) in [5.41, 5.74) is 0.468. The molecule has 0 aliphatic carbocycles. The molecule has 2 aromatic rings. The minimum absolute atomic E-state index is 0.0498. The second-order valence-corrected chi connectivity index (χ2v) is 6.01. The van der Waals surface area contributed by atoms with E-state index in [1.807, 2.05) is 0 Å². The summed E-state index contributed by atoms with van der Waals surface area (Å²) in [4.78, 5) is 15.5. The van der Waals surface area contributed by atoms with E-state index in [2.05, 4.69) is 0 Å². The third-order valence-corrected chi connectivity index (χ3v) is 4.27. The molecule has 0 aromatic heterocycles. The molecule has 7 heteroatoms. The Morgan fingerprint density at radius 1 is 1.12 bits per heavy atom. The molecule has 0 saturated carbocycles. The summed E-state index contributed by atoms with van der Waals surface area (Å²) < 4.78 is 39.6. The fourth-order valence-corrected chi connectivity index (χ4v) is 3.19. The average Bonchev–Trinajstić information content (AvgIpc) is 2.50. The van der Waals surface area contributed by atoms with Crippen LogP contribution in [-0.2, 0) is 17.5 Å².